The fourth-order valence-electron chi connectivity index (χ4n) is 5.81. The standard InChI is InChI=1S/C25H30ClN7O3/c1-3-4-7-29-23(34)33-10-19-24(12-33)13-35-11-20(24)25(19,28)36-22-15(2)21(30-14-31-22)32-18-6-5-16(9-27)8-17(18)26/h5-6,8,14,19-20H,3-4,7,10-13,28H2,1-2H3,(H,29,34)(H,30,31,32). The largest absolute Gasteiger partial charge is 0.455 e. The highest BCUT2D eigenvalue weighted by Gasteiger charge is 2.77. The summed E-state index contributed by atoms with van der Waals surface area (Å²) in [6.45, 7) is 6.76. The quantitative estimate of drug-likeness (QED) is 0.380. The molecule has 0 bridgehead atoms. The van der Waals surface area contributed by atoms with Crippen LogP contribution in [0.2, 0.25) is 5.02 Å². The van der Waals surface area contributed by atoms with Gasteiger partial charge in [0.15, 0.2) is 5.72 Å². The van der Waals surface area contributed by atoms with E-state index in [9.17, 15) is 4.79 Å². The zero-order chi connectivity index (χ0) is 25.5. The van der Waals surface area contributed by atoms with Gasteiger partial charge in [0, 0.05) is 36.9 Å². The highest BCUT2D eigenvalue weighted by Crippen LogP contribution is 2.64. The molecule has 3 fully saturated rings. The van der Waals surface area contributed by atoms with E-state index in [1.807, 2.05) is 11.8 Å². The number of nitrogens with zero attached hydrogens (tertiary/aromatic N) is 4. The lowest BCUT2D eigenvalue weighted by Crippen LogP contribution is -2.76. The van der Waals surface area contributed by atoms with Gasteiger partial charge in [0.25, 0.3) is 0 Å². The number of benzene rings is 1. The summed E-state index contributed by atoms with van der Waals surface area (Å²) in [6.07, 6.45) is 3.38. The number of aromatic nitrogens is 2. The molecule has 11 heteroatoms. The van der Waals surface area contributed by atoms with E-state index >= 15 is 0 Å². The number of urea groups is 1. The summed E-state index contributed by atoms with van der Waals surface area (Å²) in [5.41, 5.74) is 7.45. The van der Waals surface area contributed by atoms with Crippen molar-refractivity contribution < 1.29 is 14.3 Å². The molecule has 190 valence electrons. The minimum Gasteiger partial charge on any atom is -0.455 e. The van der Waals surface area contributed by atoms with Crippen LogP contribution in [0.25, 0.3) is 0 Å². The number of unbranched alkanes of at least 4 members (excludes halogenated alkanes) is 1. The molecule has 3 heterocycles. The predicted octanol–water partition coefficient (Wildman–Crippen LogP) is 3.18. The Kier molecular flexibility index (Phi) is 6.41. The molecule has 1 aromatic heterocycles. The molecule has 2 saturated heterocycles. The molecule has 1 aliphatic carbocycles. The van der Waals surface area contributed by atoms with Gasteiger partial charge in [-0.25, -0.2) is 14.8 Å². The van der Waals surface area contributed by atoms with Crippen molar-refractivity contribution >= 4 is 29.1 Å². The van der Waals surface area contributed by atoms with E-state index in [2.05, 4.69) is 33.6 Å². The van der Waals surface area contributed by atoms with Gasteiger partial charge in [0.05, 0.1) is 41.1 Å². The highest BCUT2D eigenvalue weighted by atomic mass is 35.5. The van der Waals surface area contributed by atoms with Crippen molar-refractivity contribution in [2.75, 3.05) is 38.2 Å². The van der Waals surface area contributed by atoms with Gasteiger partial charge in [-0.15, -0.1) is 0 Å². The zero-order valence-electron chi connectivity index (χ0n) is 20.4. The Morgan fingerprint density at radius 3 is 3.00 bits per heavy atom. The summed E-state index contributed by atoms with van der Waals surface area (Å²) in [5.74, 6) is 0.758. The number of nitrogens with one attached hydrogen (secondary N) is 2. The van der Waals surface area contributed by atoms with Crippen LogP contribution in [-0.2, 0) is 4.74 Å². The minimum atomic E-state index is -1.02. The fourth-order valence-corrected chi connectivity index (χ4v) is 6.04. The number of likely N-dealkylation sites (tertiary alicyclic amines) is 1. The van der Waals surface area contributed by atoms with Crippen LogP contribution in [0.4, 0.5) is 16.3 Å². The third kappa shape index (κ3) is 3.92. The van der Waals surface area contributed by atoms with Crippen molar-refractivity contribution in [3.8, 4) is 11.9 Å². The number of carbonyl (C=O) groups excluding carboxylic acids is 1. The molecule has 4 unspecified atom stereocenters. The molecule has 36 heavy (non-hydrogen) atoms. The second-order valence-corrected chi connectivity index (χ2v) is 10.3. The van der Waals surface area contributed by atoms with E-state index in [1.54, 1.807) is 18.2 Å². The SMILES string of the molecule is CCCCNC(=O)N1CC2C3(COCC3C2(N)Oc2ncnc(Nc3ccc(C#N)cc3Cl)c2C)C1. The summed E-state index contributed by atoms with van der Waals surface area (Å²) in [6, 6.07) is 6.99. The lowest BCUT2D eigenvalue weighted by atomic mass is 9.50. The second kappa shape index (κ2) is 9.39. The van der Waals surface area contributed by atoms with Gasteiger partial charge in [-0.3, -0.25) is 5.73 Å². The average Bonchev–Trinajstić information content (AvgIpc) is 3.44. The summed E-state index contributed by atoms with van der Waals surface area (Å²) in [5, 5.41) is 15.7. The van der Waals surface area contributed by atoms with Gasteiger partial charge in [0.1, 0.15) is 12.1 Å². The Balaban J connectivity index is 1.35. The first kappa shape index (κ1) is 24.6. The molecular weight excluding hydrogens is 482 g/mol. The van der Waals surface area contributed by atoms with Gasteiger partial charge in [-0.1, -0.05) is 24.9 Å². The van der Waals surface area contributed by atoms with Crippen LogP contribution < -0.4 is 21.1 Å². The van der Waals surface area contributed by atoms with Crippen LogP contribution in [0, 0.1) is 35.5 Å². The van der Waals surface area contributed by atoms with Crippen LogP contribution in [-0.4, -0.2) is 59.5 Å². The average molecular weight is 512 g/mol. The number of halogens is 1. The Bertz CT molecular complexity index is 1220. The van der Waals surface area contributed by atoms with Crippen LogP contribution >= 0.6 is 11.6 Å². The number of carbonyl (C=O) groups is 1. The van der Waals surface area contributed by atoms with Crippen LogP contribution in [0.1, 0.15) is 30.9 Å². The minimum absolute atomic E-state index is 0.0535. The molecule has 1 saturated carbocycles. The van der Waals surface area contributed by atoms with Crippen molar-refractivity contribution in [1.82, 2.24) is 20.2 Å². The Hall–Kier alpha value is -3.13. The summed E-state index contributed by atoms with van der Waals surface area (Å²) >= 11 is 6.33. The lowest BCUT2D eigenvalue weighted by molar-refractivity contribution is -0.188. The van der Waals surface area contributed by atoms with Crippen LogP contribution in [0.15, 0.2) is 24.5 Å². The molecule has 1 spiro atoms. The molecule has 3 aliphatic rings. The van der Waals surface area contributed by atoms with Gasteiger partial charge >= 0.3 is 6.03 Å². The maximum absolute atomic E-state index is 12.8. The van der Waals surface area contributed by atoms with E-state index in [0.29, 0.717) is 66.4 Å². The molecular formula is C25H30ClN7O3. The first-order chi connectivity index (χ1) is 17.3. The molecule has 4 N–H and O–H groups in total. The van der Waals surface area contributed by atoms with E-state index < -0.39 is 5.72 Å². The number of rotatable bonds is 7. The van der Waals surface area contributed by atoms with Crippen LogP contribution in [0.3, 0.4) is 0 Å². The third-order valence-electron chi connectivity index (χ3n) is 7.78. The topological polar surface area (TPSA) is 138 Å². The number of ether oxygens (including phenoxy) is 2. The lowest BCUT2D eigenvalue weighted by Gasteiger charge is -2.58. The smallest absolute Gasteiger partial charge is 0.317 e. The van der Waals surface area contributed by atoms with Gasteiger partial charge in [-0.05, 0) is 31.5 Å². The summed E-state index contributed by atoms with van der Waals surface area (Å²) in [7, 11) is 0. The van der Waals surface area contributed by atoms with E-state index in [1.165, 1.54) is 6.33 Å². The molecule has 0 radical (unpaired) electrons. The number of anilines is 2. The van der Waals surface area contributed by atoms with Gasteiger partial charge in [0.2, 0.25) is 5.88 Å². The third-order valence-corrected chi connectivity index (χ3v) is 8.09. The Labute approximate surface area is 215 Å². The number of hydrogen-bond acceptors (Lipinski definition) is 8. The molecule has 2 aliphatic heterocycles. The van der Waals surface area contributed by atoms with Crippen molar-refractivity contribution in [2.45, 2.75) is 32.4 Å². The second-order valence-electron chi connectivity index (χ2n) is 9.86. The Morgan fingerprint density at radius 1 is 1.42 bits per heavy atom. The summed E-state index contributed by atoms with van der Waals surface area (Å²) in [4.78, 5) is 23.3. The molecule has 2 amide bonds. The van der Waals surface area contributed by atoms with Crippen molar-refractivity contribution in [3.05, 3.63) is 40.7 Å². The Morgan fingerprint density at radius 2 is 2.25 bits per heavy atom. The van der Waals surface area contributed by atoms with Crippen LogP contribution in [0.5, 0.6) is 5.88 Å². The first-order valence-electron chi connectivity index (χ1n) is 12.2. The highest BCUT2D eigenvalue weighted by molar-refractivity contribution is 6.33. The first-order valence-corrected chi connectivity index (χ1v) is 12.6. The molecule has 1 aromatic carbocycles. The molecule has 2 aromatic rings. The number of nitrogens with two attached hydrogens (primary N) is 1. The fraction of sp³-hybridized carbons (Fsp3) is 0.520. The zero-order valence-corrected chi connectivity index (χ0v) is 21.1. The molecule has 4 atom stereocenters. The van der Waals surface area contributed by atoms with Gasteiger partial charge < -0.3 is 25.0 Å². The number of hydrogen-bond donors (Lipinski definition) is 3. The predicted molar refractivity (Wildman–Crippen MR) is 134 cm³/mol. The maximum Gasteiger partial charge on any atom is 0.317 e. The molecule has 5 rings (SSSR count). The molecule has 10 nitrogen and oxygen atoms in total. The maximum atomic E-state index is 12.8. The van der Waals surface area contributed by atoms with Gasteiger partial charge in [-0.2, -0.15) is 5.26 Å². The monoisotopic (exact) mass is 511 g/mol. The normalized spacial score (nSPS) is 28.0. The summed E-state index contributed by atoms with van der Waals surface area (Å²) < 4.78 is 12.3. The van der Waals surface area contributed by atoms with E-state index in [-0.39, 0.29) is 23.3 Å². The van der Waals surface area contributed by atoms with Crippen molar-refractivity contribution in [2.24, 2.45) is 23.0 Å². The van der Waals surface area contributed by atoms with Crippen molar-refractivity contribution in [3.63, 3.8) is 0 Å². The van der Waals surface area contributed by atoms with Crippen molar-refractivity contribution in [1.29, 1.82) is 5.26 Å². The van der Waals surface area contributed by atoms with E-state index in [4.69, 9.17) is 32.1 Å². The number of nitriles is 1. The number of amides is 2. The van der Waals surface area contributed by atoms with E-state index in [0.717, 1.165) is 12.8 Å².